The highest BCUT2D eigenvalue weighted by molar-refractivity contribution is 6.32. The third kappa shape index (κ3) is 2.90. The fourth-order valence-corrected chi connectivity index (χ4v) is 1.96. The standard InChI is InChI=1S/C12H15ClN2O2/c1-8-2-3-10(13)11(6-8)17-12(16)15-5-4-9(14)7-15/h2-3,6,9H,4-5,7,14H2,1H3. The fraction of sp³-hybridized carbons (Fsp3) is 0.417. The summed E-state index contributed by atoms with van der Waals surface area (Å²) in [6, 6.07) is 5.38. The number of carbonyl (C=O) groups excluding carboxylic acids is 1. The Morgan fingerprint density at radius 2 is 2.35 bits per heavy atom. The third-order valence-electron chi connectivity index (χ3n) is 2.77. The highest BCUT2D eigenvalue weighted by Gasteiger charge is 2.25. The van der Waals surface area contributed by atoms with Crippen LogP contribution in [0.25, 0.3) is 0 Å². The number of nitrogens with two attached hydrogens (primary N) is 1. The van der Waals surface area contributed by atoms with Crippen molar-refractivity contribution in [1.29, 1.82) is 0 Å². The molecule has 0 aromatic heterocycles. The van der Waals surface area contributed by atoms with Gasteiger partial charge in [0.25, 0.3) is 0 Å². The molecular formula is C12H15ClN2O2. The summed E-state index contributed by atoms with van der Waals surface area (Å²) >= 11 is 5.96. The van der Waals surface area contributed by atoms with Crippen molar-refractivity contribution in [3.63, 3.8) is 0 Å². The number of hydrogen-bond acceptors (Lipinski definition) is 3. The molecule has 1 saturated heterocycles. The minimum Gasteiger partial charge on any atom is -0.409 e. The molecular weight excluding hydrogens is 240 g/mol. The number of hydrogen-bond donors (Lipinski definition) is 1. The molecule has 0 aliphatic carbocycles. The Balaban J connectivity index is 2.05. The molecule has 0 spiro atoms. The zero-order valence-electron chi connectivity index (χ0n) is 9.65. The van der Waals surface area contributed by atoms with Crippen LogP contribution in [0, 0.1) is 6.92 Å². The predicted molar refractivity (Wildman–Crippen MR) is 66.4 cm³/mol. The van der Waals surface area contributed by atoms with Crippen molar-refractivity contribution in [3.8, 4) is 5.75 Å². The van der Waals surface area contributed by atoms with E-state index in [1.807, 2.05) is 13.0 Å². The summed E-state index contributed by atoms with van der Waals surface area (Å²) < 4.78 is 5.26. The molecule has 0 saturated carbocycles. The van der Waals surface area contributed by atoms with E-state index in [1.54, 1.807) is 17.0 Å². The summed E-state index contributed by atoms with van der Waals surface area (Å²) in [5, 5.41) is 0.437. The summed E-state index contributed by atoms with van der Waals surface area (Å²) in [6.45, 7) is 3.10. The first-order chi connectivity index (χ1) is 8.06. The zero-order valence-corrected chi connectivity index (χ0v) is 10.4. The van der Waals surface area contributed by atoms with Gasteiger partial charge in [-0.3, -0.25) is 0 Å². The lowest BCUT2D eigenvalue weighted by atomic mass is 10.2. The fourth-order valence-electron chi connectivity index (χ4n) is 1.80. The first-order valence-electron chi connectivity index (χ1n) is 5.55. The molecule has 2 N–H and O–H groups in total. The lowest BCUT2D eigenvalue weighted by Gasteiger charge is -2.16. The molecule has 1 aliphatic rings. The average molecular weight is 255 g/mol. The molecule has 2 rings (SSSR count). The molecule has 0 radical (unpaired) electrons. The maximum absolute atomic E-state index is 11.8. The Kier molecular flexibility index (Phi) is 3.54. The van der Waals surface area contributed by atoms with Crippen molar-refractivity contribution in [3.05, 3.63) is 28.8 Å². The average Bonchev–Trinajstić information content (AvgIpc) is 2.70. The first-order valence-corrected chi connectivity index (χ1v) is 5.92. The number of halogens is 1. The van der Waals surface area contributed by atoms with Gasteiger partial charge in [-0.25, -0.2) is 4.79 Å². The quantitative estimate of drug-likeness (QED) is 0.836. The molecule has 1 fully saturated rings. The first kappa shape index (κ1) is 12.2. The molecule has 1 atom stereocenters. The van der Waals surface area contributed by atoms with E-state index in [1.165, 1.54) is 0 Å². The van der Waals surface area contributed by atoms with Crippen LogP contribution >= 0.6 is 11.6 Å². The largest absolute Gasteiger partial charge is 0.415 e. The van der Waals surface area contributed by atoms with Gasteiger partial charge in [-0.1, -0.05) is 17.7 Å². The van der Waals surface area contributed by atoms with Gasteiger partial charge in [0.2, 0.25) is 0 Å². The van der Waals surface area contributed by atoms with Gasteiger partial charge >= 0.3 is 6.09 Å². The van der Waals surface area contributed by atoms with Crippen LogP contribution in [-0.4, -0.2) is 30.1 Å². The monoisotopic (exact) mass is 254 g/mol. The molecule has 1 heterocycles. The minimum atomic E-state index is -0.384. The van der Waals surface area contributed by atoms with Crippen LogP contribution in [-0.2, 0) is 0 Å². The Labute approximate surface area is 105 Å². The third-order valence-corrected chi connectivity index (χ3v) is 3.08. The van der Waals surface area contributed by atoms with Crippen molar-refractivity contribution in [2.24, 2.45) is 5.73 Å². The van der Waals surface area contributed by atoms with E-state index in [2.05, 4.69) is 0 Å². The molecule has 1 aliphatic heterocycles. The molecule has 1 amide bonds. The van der Waals surface area contributed by atoms with Crippen molar-refractivity contribution >= 4 is 17.7 Å². The molecule has 1 unspecified atom stereocenters. The van der Waals surface area contributed by atoms with Gasteiger partial charge in [0.05, 0.1) is 5.02 Å². The number of rotatable bonds is 1. The van der Waals surface area contributed by atoms with E-state index in [-0.39, 0.29) is 12.1 Å². The van der Waals surface area contributed by atoms with Crippen LogP contribution in [0.2, 0.25) is 5.02 Å². The van der Waals surface area contributed by atoms with Crippen molar-refractivity contribution in [2.75, 3.05) is 13.1 Å². The number of nitrogens with zero attached hydrogens (tertiary/aromatic N) is 1. The predicted octanol–water partition coefficient (Wildman–Crippen LogP) is 2.18. The maximum Gasteiger partial charge on any atom is 0.415 e. The number of aryl methyl sites for hydroxylation is 1. The maximum atomic E-state index is 11.8. The van der Waals surface area contributed by atoms with Crippen LogP contribution in [0.4, 0.5) is 4.79 Å². The number of carbonyl (C=O) groups is 1. The SMILES string of the molecule is Cc1ccc(Cl)c(OC(=O)N2CCC(N)C2)c1. The minimum absolute atomic E-state index is 0.0514. The van der Waals surface area contributed by atoms with Crippen LogP contribution in [0.3, 0.4) is 0 Å². The molecule has 5 heteroatoms. The normalized spacial score (nSPS) is 19.5. The van der Waals surface area contributed by atoms with Crippen LogP contribution in [0.15, 0.2) is 18.2 Å². The number of likely N-dealkylation sites (tertiary alicyclic amines) is 1. The topological polar surface area (TPSA) is 55.6 Å². The summed E-state index contributed by atoms with van der Waals surface area (Å²) in [4.78, 5) is 13.4. The van der Waals surface area contributed by atoms with Crippen molar-refractivity contribution in [2.45, 2.75) is 19.4 Å². The van der Waals surface area contributed by atoms with Gasteiger partial charge < -0.3 is 15.4 Å². The molecule has 1 aromatic rings. The Morgan fingerprint density at radius 1 is 1.59 bits per heavy atom. The summed E-state index contributed by atoms with van der Waals surface area (Å²) in [5.41, 5.74) is 6.73. The lowest BCUT2D eigenvalue weighted by Crippen LogP contribution is -2.34. The second-order valence-electron chi connectivity index (χ2n) is 4.30. The Hall–Kier alpha value is -1.26. The van der Waals surface area contributed by atoms with E-state index in [0.717, 1.165) is 12.0 Å². The summed E-state index contributed by atoms with van der Waals surface area (Å²) in [6.07, 6.45) is 0.432. The van der Waals surface area contributed by atoms with Gasteiger partial charge in [-0.2, -0.15) is 0 Å². The van der Waals surface area contributed by atoms with Gasteiger partial charge in [0, 0.05) is 19.1 Å². The second kappa shape index (κ2) is 4.94. The number of amides is 1. The van der Waals surface area contributed by atoms with Crippen LogP contribution < -0.4 is 10.5 Å². The van der Waals surface area contributed by atoms with E-state index < -0.39 is 0 Å². The number of ether oxygens (including phenoxy) is 1. The number of benzene rings is 1. The van der Waals surface area contributed by atoms with Gasteiger partial charge in [-0.05, 0) is 31.0 Å². The van der Waals surface area contributed by atoms with Crippen LogP contribution in [0.1, 0.15) is 12.0 Å². The highest BCUT2D eigenvalue weighted by atomic mass is 35.5. The second-order valence-corrected chi connectivity index (χ2v) is 4.70. The van der Waals surface area contributed by atoms with Gasteiger partial charge in [-0.15, -0.1) is 0 Å². The lowest BCUT2D eigenvalue weighted by molar-refractivity contribution is 0.162. The molecule has 1 aromatic carbocycles. The molecule has 4 nitrogen and oxygen atoms in total. The Bertz CT molecular complexity index is 437. The van der Waals surface area contributed by atoms with E-state index in [4.69, 9.17) is 22.1 Å². The van der Waals surface area contributed by atoms with Gasteiger partial charge in [0.15, 0.2) is 5.75 Å². The summed E-state index contributed by atoms with van der Waals surface area (Å²) in [7, 11) is 0. The summed E-state index contributed by atoms with van der Waals surface area (Å²) in [5.74, 6) is 0.400. The van der Waals surface area contributed by atoms with E-state index in [9.17, 15) is 4.79 Å². The van der Waals surface area contributed by atoms with E-state index in [0.29, 0.717) is 23.9 Å². The molecule has 17 heavy (non-hydrogen) atoms. The zero-order chi connectivity index (χ0) is 12.4. The van der Waals surface area contributed by atoms with Crippen molar-refractivity contribution in [1.82, 2.24) is 4.90 Å². The highest BCUT2D eigenvalue weighted by Crippen LogP contribution is 2.26. The smallest absolute Gasteiger partial charge is 0.409 e. The van der Waals surface area contributed by atoms with Gasteiger partial charge in [0.1, 0.15) is 0 Å². The molecule has 0 bridgehead atoms. The Morgan fingerprint density at radius 3 is 3.00 bits per heavy atom. The molecule has 92 valence electrons. The van der Waals surface area contributed by atoms with Crippen LogP contribution in [0.5, 0.6) is 5.75 Å². The van der Waals surface area contributed by atoms with Crippen molar-refractivity contribution < 1.29 is 9.53 Å². The van der Waals surface area contributed by atoms with E-state index >= 15 is 0 Å².